The second-order valence-corrected chi connectivity index (χ2v) is 4.01. The summed E-state index contributed by atoms with van der Waals surface area (Å²) in [7, 11) is -5.80. The number of carboxylic acid groups (broad SMARTS) is 1. The Hall–Kier alpha value is -1.25. The Labute approximate surface area is 83.3 Å². The van der Waals surface area contributed by atoms with Crippen molar-refractivity contribution in [3.8, 4) is 0 Å². The number of hydrogen-bond donors (Lipinski definition) is 1. The molecular formula is C6H7F3O5S. The van der Waals surface area contributed by atoms with E-state index in [4.69, 9.17) is 5.11 Å². The van der Waals surface area contributed by atoms with Crippen molar-refractivity contribution in [3.05, 3.63) is 11.3 Å². The Bertz CT molecular complexity index is 391. The lowest BCUT2D eigenvalue weighted by Crippen LogP contribution is -2.25. The van der Waals surface area contributed by atoms with Gasteiger partial charge in [-0.3, -0.25) is 0 Å². The molecule has 9 heteroatoms. The predicted octanol–water partition coefficient (Wildman–Crippen LogP) is 1.23. The highest BCUT2D eigenvalue weighted by atomic mass is 32.2. The lowest BCUT2D eigenvalue weighted by molar-refractivity contribution is -0.132. The van der Waals surface area contributed by atoms with Crippen LogP contribution in [0.1, 0.15) is 13.8 Å². The molecule has 0 aliphatic carbocycles. The lowest BCUT2D eigenvalue weighted by atomic mass is 10.3. The van der Waals surface area contributed by atoms with Gasteiger partial charge < -0.3 is 9.29 Å². The van der Waals surface area contributed by atoms with E-state index in [0.29, 0.717) is 0 Å². The van der Waals surface area contributed by atoms with E-state index in [2.05, 4.69) is 4.18 Å². The fraction of sp³-hybridized carbons (Fsp3) is 0.500. The predicted molar refractivity (Wildman–Crippen MR) is 42.1 cm³/mol. The molecule has 0 atom stereocenters. The van der Waals surface area contributed by atoms with E-state index in [1.54, 1.807) is 0 Å². The molecule has 0 saturated carbocycles. The molecular weight excluding hydrogens is 241 g/mol. The van der Waals surface area contributed by atoms with Gasteiger partial charge in [0.25, 0.3) is 0 Å². The van der Waals surface area contributed by atoms with Crippen LogP contribution in [0.3, 0.4) is 0 Å². The van der Waals surface area contributed by atoms with Gasteiger partial charge in [0, 0.05) is 0 Å². The van der Waals surface area contributed by atoms with Crippen molar-refractivity contribution in [1.29, 1.82) is 0 Å². The molecule has 0 spiro atoms. The molecule has 0 rings (SSSR count). The van der Waals surface area contributed by atoms with E-state index in [1.165, 1.54) is 0 Å². The van der Waals surface area contributed by atoms with Gasteiger partial charge in [-0.1, -0.05) is 0 Å². The molecule has 88 valence electrons. The van der Waals surface area contributed by atoms with Gasteiger partial charge in [0.1, 0.15) is 5.76 Å². The third-order valence-corrected chi connectivity index (χ3v) is 2.40. The molecule has 0 heterocycles. The summed E-state index contributed by atoms with van der Waals surface area (Å²) in [5.41, 5.74) is -6.20. The first-order valence-electron chi connectivity index (χ1n) is 3.40. The molecule has 15 heavy (non-hydrogen) atoms. The second-order valence-electron chi connectivity index (χ2n) is 2.47. The molecule has 0 bridgehead atoms. The summed E-state index contributed by atoms with van der Waals surface area (Å²) in [5.74, 6) is -2.40. The topological polar surface area (TPSA) is 80.7 Å². The van der Waals surface area contributed by atoms with E-state index in [1.807, 2.05) is 0 Å². The molecule has 0 fully saturated rings. The molecule has 1 N–H and O–H groups in total. The number of carbonyl (C=O) groups is 1. The Morgan fingerprint density at radius 1 is 1.27 bits per heavy atom. The SMILES string of the molecule is C/C(OS(=O)(=O)C(F)(F)F)=C(/C)C(=O)O. The van der Waals surface area contributed by atoms with Crippen molar-refractivity contribution >= 4 is 16.1 Å². The summed E-state index contributed by atoms with van der Waals surface area (Å²) in [6.07, 6.45) is 0. The van der Waals surface area contributed by atoms with Crippen molar-refractivity contribution in [3.63, 3.8) is 0 Å². The highest BCUT2D eigenvalue weighted by Gasteiger charge is 2.48. The first kappa shape index (κ1) is 13.8. The zero-order valence-corrected chi connectivity index (χ0v) is 8.44. The normalized spacial score (nSPS) is 14.5. The molecule has 5 nitrogen and oxygen atoms in total. The van der Waals surface area contributed by atoms with Gasteiger partial charge in [-0.25, -0.2) is 4.79 Å². The number of aliphatic carboxylic acids is 1. The molecule has 0 aromatic rings. The number of alkyl halides is 3. The summed E-state index contributed by atoms with van der Waals surface area (Å²) in [6.45, 7) is 1.73. The van der Waals surface area contributed by atoms with Gasteiger partial charge >= 0.3 is 21.6 Å². The van der Waals surface area contributed by atoms with Gasteiger partial charge in [-0.05, 0) is 13.8 Å². The maximum Gasteiger partial charge on any atom is 0.534 e. The summed E-state index contributed by atoms with van der Waals surface area (Å²) in [6, 6.07) is 0. The van der Waals surface area contributed by atoms with E-state index in [0.717, 1.165) is 13.8 Å². The number of allylic oxidation sites excluding steroid dienone is 1. The molecule has 0 aromatic carbocycles. The minimum atomic E-state index is -5.80. The van der Waals surface area contributed by atoms with Crippen LogP contribution in [-0.2, 0) is 19.1 Å². The maximum atomic E-state index is 11.8. The average Bonchev–Trinajstić information content (AvgIpc) is 1.99. The molecule has 0 radical (unpaired) electrons. The lowest BCUT2D eigenvalue weighted by Gasteiger charge is -2.10. The minimum Gasteiger partial charge on any atom is -0.478 e. The van der Waals surface area contributed by atoms with Gasteiger partial charge in [0.05, 0.1) is 5.57 Å². The zero-order chi connectivity index (χ0) is 12.4. The molecule has 0 unspecified atom stereocenters. The van der Waals surface area contributed by atoms with Crippen LogP contribution in [0.5, 0.6) is 0 Å². The van der Waals surface area contributed by atoms with Crippen molar-refractivity contribution < 1.29 is 35.7 Å². The van der Waals surface area contributed by atoms with Crippen LogP contribution in [0.25, 0.3) is 0 Å². The van der Waals surface area contributed by atoms with Gasteiger partial charge in [-0.2, -0.15) is 21.6 Å². The number of carboxylic acids is 1. The third kappa shape index (κ3) is 3.42. The van der Waals surface area contributed by atoms with Crippen LogP contribution in [0, 0.1) is 0 Å². The Morgan fingerprint density at radius 3 is 1.93 bits per heavy atom. The molecule has 0 saturated heterocycles. The van der Waals surface area contributed by atoms with Crippen molar-refractivity contribution in [2.75, 3.05) is 0 Å². The van der Waals surface area contributed by atoms with Gasteiger partial charge in [0.2, 0.25) is 0 Å². The Kier molecular flexibility index (Phi) is 3.75. The molecule has 0 aliphatic rings. The average molecular weight is 248 g/mol. The fourth-order valence-electron chi connectivity index (χ4n) is 0.425. The molecule has 0 amide bonds. The standard InChI is InChI=1S/C6H7F3O5S/c1-3(5(10)11)4(2)14-15(12,13)6(7,8)9/h1-2H3,(H,10,11)/b4-3+. The van der Waals surface area contributed by atoms with Gasteiger partial charge in [0.15, 0.2) is 0 Å². The first-order valence-corrected chi connectivity index (χ1v) is 4.81. The first-order chi connectivity index (χ1) is 6.49. The zero-order valence-electron chi connectivity index (χ0n) is 7.62. The van der Waals surface area contributed by atoms with Gasteiger partial charge in [-0.15, -0.1) is 0 Å². The fourth-order valence-corrected chi connectivity index (χ4v) is 0.974. The largest absolute Gasteiger partial charge is 0.534 e. The van der Waals surface area contributed by atoms with Crippen LogP contribution in [-0.4, -0.2) is 25.0 Å². The highest BCUT2D eigenvalue weighted by molar-refractivity contribution is 7.87. The quantitative estimate of drug-likeness (QED) is 0.351. The van der Waals surface area contributed by atoms with E-state index in [-0.39, 0.29) is 0 Å². The monoisotopic (exact) mass is 248 g/mol. The Morgan fingerprint density at radius 2 is 1.67 bits per heavy atom. The highest BCUT2D eigenvalue weighted by Crippen LogP contribution is 2.27. The van der Waals surface area contributed by atoms with Crippen molar-refractivity contribution in [2.45, 2.75) is 19.4 Å². The number of hydrogen-bond acceptors (Lipinski definition) is 4. The summed E-state index contributed by atoms with van der Waals surface area (Å²) < 4.78 is 59.7. The van der Waals surface area contributed by atoms with Crippen molar-refractivity contribution in [1.82, 2.24) is 0 Å². The summed E-state index contributed by atoms with van der Waals surface area (Å²) in [5, 5.41) is 8.34. The van der Waals surface area contributed by atoms with E-state index >= 15 is 0 Å². The van der Waals surface area contributed by atoms with Crippen LogP contribution >= 0.6 is 0 Å². The van der Waals surface area contributed by atoms with E-state index < -0.39 is 32.9 Å². The second kappa shape index (κ2) is 4.09. The van der Waals surface area contributed by atoms with Crippen LogP contribution < -0.4 is 0 Å². The number of rotatable bonds is 3. The summed E-state index contributed by atoms with van der Waals surface area (Å²) in [4.78, 5) is 10.3. The molecule has 0 aliphatic heterocycles. The van der Waals surface area contributed by atoms with Crippen molar-refractivity contribution in [2.24, 2.45) is 0 Å². The number of halogens is 3. The minimum absolute atomic E-state index is 0.622. The van der Waals surface area contributed by atoms with Crippen LogP contribution in [0.2, 0.25) is 0 Å². The smallest absolute Gasteiger partial charge is 0.478 e. The van der Waals surface area contributed by atoms with E-state index in [9.17, 15) is 26.4 Å². The van der Waals surface area contributed by atoms with Crippen LogP contribution in [0.15, 0.2) is 11.3 Å². The third-order valence-electron chi connectivity index (χ3n) is 1.37. The summed E-state index contributed by atoms with van der Waals surface area (Å²) >= 11 is 0. The Balaban J connectivity index is 5.10. The molecule has 0 aromatic heterocycles. The van der Waals surface area contributed by atoms with Crippen LogP contribution in [0.4, 0.5) is 13.2 Å². The maximum absolute atomic E-state index is 11.8.